The third kappa shape index (κ3) is 10.2. The molecule has 1 aromatic carbocycles. The van der Waals surface area contributed by atoms with Gasteiger partial charge in [0.25, 0.3) is 0 Å². The van der Waals surface area contributed by atoms with Crippen LogP contribution < -0.4 is 15.4 Å². The number of benzene rings is 1. The minimum absolute atomic E-state index is 0.0551. The third-order valence-electron chi connectivity index (χ3n) is 4.78. The Balaban J connectivity index is 1.55. The summed E-state index contributed by atoms with van der Waals surface area (Å²) in [5.74, 6) is 0.828. The van der Waals surface area contributed by atoms with Gasteiger partial charge in [-0.1, -0.05) is 18.2 Å². The fourth-order valence-electron chi connectivity index (χ4n) is 3.25. The maximum atomic E-state index is 12.4. The average Bonchev–Trinajstić information content (AvgIpc) is 2.71. The van der Waals surface area contributed by atoms with E-state index in [0.717, 1.165) is 18.6 Å². The zero-order valence-corrected chi connectivity index (χ0v) is 18.8. The number of carbonyl (C=O) groups excluding carboxylic acids is 3. The molecule has 0 aliphatic carbocycles. The second kappa shape index (κ2) is 12.2. The van der Waals surface area contributed by atoms with E-state index >= 15 is 0 Å². The van der Waals surface area contributed by atoms with Gasteiger partial charge in [0, 0.05) is 38.5 Å². The first-order chi connectivity index (χ1) is 14.7. The normalized spacial score (nSPS) is 14.6. The number of ether oxygens (including phenoxy) is 2. The predicted molar refractivity (Wildman–Crippen MR) is 118 cm³/mol. The number of nitrogens with one attached hydrogen (secondary N) is 2. The van der Waals surface area contributed by atoms with E-state index in [1.54, 1.807) is 20.8 Å². The Labute approximate surface area is 184 Å². The summed E-state index contributed by atoms with van der Waals surface area (Å²) in [6, 6.07) is 9.62. The molecular weight excluding hydrogens is 398 g/mol. The van der Waals surface area contributed by atoms with Crippen LogP contribution in [0.5, 0.6) is 5.75 Å². The van der Waals surface area contributed by atoms with Gasteiger partial charge in [0.1, 0.15) is 11.4 Å². The van der Waals surface area contributed by atoms with Crippen molar-refractivity contribution in [3.63, 3.8) is 0 Å². The minimum atomic E-state index is -0.563. The number of para-hydroxylation sites is 1. The van der Waals surface area contributed by atoms with Gasteiger partial charge in [-0.15, -0.1) is 0 Å². The number of likely N-dealkylation sites (tertiary alicyclic amines) is 1. The molecule has 1 aromatic rings. The molecule has 8 nitrogen and oxygen atoms in total. The maximum absolute atomic E-state index is 12.4. The summed E-state index contributed by atoms with van der Waals surface area (Å²) < 4.78 is 10.8. The smallest absolute Gasteiger partial charge is 0.407 e. The lowest BCUT2D eigenvalue weighted by atomic mass is 10.0. The van der Waals surface area contributed by atoms with Crippen LogP contribution in [-0.2, 0) is 14.3 Å². The van der Waals surface area contributed by atoms with Crippen LogP contribution in [0.4, 0.5) is 4.79 Å². The molecule has 0 bridgehead atoms. The van der Waals surface area contributed by atoms with Crippen LogP contribution in [0.25, 0.3) is 0 Å². The second-order valence-corrected chi connectivity index (χ2v) is 8.67. The van der Waals surface area contributed by atoms with Crippen molar-refractivity contribution in [2.75, 3.05) is 26.2 Å². The van der Waals surface area contributed by atoms with Gasteiger partial charge in [-0.3, -0.25) is 9.59 Å². The summed E-state index contributed by atoms with van der Waals surface area (Å²) in [4.78, 5) is 37.9. The Bertz CT molecular complexity index is 710. The molecule has 31 heavy (non-hydrogen) atoms. The molecule has 172 valence electrons. The fourth-order valence-corrected chi connectivity index (χ4v) is 3.25. The van der Waals surface area contributed by atoms with Crippen LogP contribution in [0.2, 0.25) is 0 Å². The molecule has 1 heterocycles. The Morgan fingerprint density at radius 1 is 1.06 bits per heavy atom. The Hall–Kier alpha value is -2.77. The van der Waals surface area contributed by atoms with Crippen LogP contribution in [-0.4, -0.2) is 60.7 Å². The Morgan fingerprint density at radius 2 is 1.74 bits per heavy atom. The first-order valence-corrected chi connectivity index (χ1v) is 10.9. The first kappa shape index (κ1) is 24.5. The highest BCUT2D eigenvalue weighted by atomic mass is 16.6. The summed E-state index contributed by atoms with van der Waals surface area (Å²) in [5, 5.41) is 5.56. The SMILES string of the molecule is CC(C)(C)OC(=O)NCCC(=O)NC1CCN(C(=O)CCCOc2ccccc2)CC1. The van der Waals surface area contributed by atoms with E-state index in [4.69, 9.17) is 9.47 Å². The molecule has 1 aliphatic rings. The molecule has 3 amide bonds. The van der Waals surface area contributed by atoms with Crippen molar-refractivity contribution in [3.8, 4) is 5.75 Å². The van der Waals surface area contributed by atoms with Crippen molar-refractivity contribution >= 4 is 17.9 Å². The highest BCUT2D eigenvalue weighted by molar-refractivity contribution is 5.78. The van der Waals surface area contributed by atoms with Gasteiger partial charge in [-0.25, -0.2) is 4.79 Å². The van der Waals surface area contributed by atoms with Gasteiger partial charge in [-0.2, -0.15) is 0 Å². The summed E-state index contributed by atoms with van der Waals surface area (Å²) in [5.41, 5.74) is -0.563. The van der Waals surface area contributed by atoms with Crippen LogP contribution in [0.15, 0.2) is 30.3 Å². The highest BCUT2D eigenvalue weighted by Gasteiger charge is 2.23. The van der Waals surface area contributed by atoms with E-state index in [1.165, 1.54) is 0 Å². The molecule has 8 heteroatoms. The zero-order valence-electron chi connectivity index (χ0n) is 18.8. The average molecular weight is 434 g/mol. The lowest BCUT2D eigenvalue weighted by molar-refractivity contribution is -0.132. The number of carbonyl (C=O) groups is 3. The van der Waals surface area contributed by atoms with Crippen molar-refractivity contribution in [2.45, 2.75) is 64.5 Å². The number of alkyl carbamates (subject to hydrolysis) is 1. The molecule has 0 atom stereocenters. The Morgan fingerprint density at radius 3 is 2.39 bits per heavy atom. The summed E-state index contributed by atoms with van der Waals surface area (Å²) in [6.07, 6.45) is 2.27. The van der Waals surface area contributed by atoms with Crippen molar-refractivity contribution in [3.05, 3.63) is 30.3 Å². The third-order valence-corrected chi connectivity index (χ3v) is 4.78. The quantitative estimate of drug-likeness (QED) is 0.584. The lowest BCUT2D eigenvalue weighted by Gasteiger charge is -2.32. The van der Waals surface area contributed by atoms with Gasteiger partial charge in [0.2, 0.25) is 11.8 Å². The van der Waals surface area contributed by atoms with Crippen LogP contribution >= 0.6 is 0 Å². The van der Waals surface area contributed by atoms with Crippen LogP contribution in [0, 0.1) is 0 Å². The number of nitrogens with zero attached hydrogens (tertiary/aromatic N) is 1. The van der Waals surface area contributed by atoms with Crippen LogP contribution in [0.1, 0.15) is 52.9 Å². The van der Waals surface area contributed by atoms with Crippen molar-refractivity contribution in [2.24, 2.45) is 0 Å². The van der Waals surface area contributed by atoms with Crippen molar-refractivity contribution in [1.29, 1.82) is 0 Å². The van der Waals surface area contributed by atoms with Gasteiger partial charge in [-0.05, 0) is 52.2 Å². The number of hydrogen-bond donors (Lipinski definition) is 2. The maximum Gasteiger partial charge on any atom is 0.407 e. The zero-order chi connectivity index (χ0) is 22.7. The van der Waals surface area contributed by atoms with Gasteiger partial charge in [0.05, 0.1) is 6.61 Å². The lowest BCUT2D eigenvalue weighted by Crippen LogP contribution is -2.47. The van der Waals surface area contributed by atoms with Gasteiger partial charge >= 0.3 is 6.09 Å². The van der Waals surface area contributed by atoms with Crippen molar-refractivity contribution < 1.29 is 23.9 Å². The Kier molecular flexibility index (Phi) is 9.62. The largest absolute Gasteiger partial charge is 0.494 e. The molecule has 0 aromatic heterocycles. The molecule has 0 radical (unpaired) electrons. The monoisotopic (exact) mass is 433 g/mol. The molecule has 1 aliphatic heterocycles. The molecule has 2 rings (SSSR count). The van der Waals surface area contributed by atoms with E-state index in [0.29, 0.717) is 32.5 Å². The van der Waals surface area contributed by atoms with Crippen LogP contribution in [0.3, 0.4) is 0 Å². The van der Waals surface area contributed by atoms with E-state index in [9.17, 15) is 14.4 Å². The number of rotatable bonds is 9. The summed E-state index contributed by atoms with van der Waals surface area (Å²) >= 11 is 0. The molecule has 0 unspecified atom stereocenters. The summed E-state index contributed by atoms with van der Waals surface area (Å²) in [6.45, 7) is 7.38. The summed E-state index contributed by atoms with van der Waals surface area (Å²) in [7, 11) is 0. The molecule has 2 N–H and O–H groups in total. The highest BCUT2D eigenvalue weighted by Crippen LogP contribution is 2.13. The molecular formula is C23H35N3O5. The minimum Gasteiger partial charge on any atom is -0.494 e. The standard InChI is InChI=1S/C23H35N3O5/c1-23(2,3)31-22(29)24-14-11-20(27)25-18-12-15-26(16-13-18)21(28)10-7-17-30-19-8-5-4-6-9-19/h4-6,8-9,18H,7,10-17H2,1-3H3,(H,24,29)(H,25,27). The number of amides is 3. The number of hydrogen-bond acceptors (Lipinski definition) is 5. The molecule has 1 fully saturated rings. The topological polar surface area (TPSA) is 97.0 Å². The molecule has 1 saturated heterocycles. The van der Waals surface area contributed by atoms with Gasteiger partial charge in [0.15, 0.2) is 0 Å². The number of piperidine rings is 1. The van der Waals surface area contributed by atoms with E-state index in [1.807, 2.05) is 35.2 Å². The van der Waals surface area contributed by atoms with Gasteiger partial charge < -0.3 is 25.0 Å². The first-order valence-electron chi connectivity index (χ1n) is 10.9. The molecule has 0 saturated carbocycles. The molecule has 0 spiro atoms. The van der Waals surface area contributed by atoms with E-state index in [2.05, 4.69) is 10.6 Å². The van der Waals surface area contributed by atoms with E-state index < -0.39 is 11.7 Å². The van der Waals surface area contributed by atoms with E-state index in [-0.39, 0.29) is 30.8 Å². The fraction of sp³-hybridized carbons (Fsp3) is 0.609. The van der Waals surface area contributed by atoms with Crippen molar-refractivity contribution in [1.82, 2.24) is 15.5 Å². The predicted octanol–water partition coefficient (Wildman–Crippen LogP) is 2.87. The second-order valence-electron chi connectivity index (χ2n) is 8.67.